The van der Waals surface area contributed by atoms with Gasteiger partial charge in [0.1, 0.15) is 0 Å². The fraction of sp³-hybridized carbons (Fsp3) is 0.154. The van der Waals surface area contributed by atoms with Gasteiger partial charge in [-0.3, -0.25) is 9.59 Å². The van der Waals surface area contributed by atoms with Crippen LogP contribution in [0.4, 0.5) is 5.69 Å². The van der Waals surface area contributed by atoms with Gasteiger partial charge in [0.25, 0.3) is 11.8 Å². The lowest BCUT2D eigenvalue weighted by molar-refractivity contribution is -0.120. The van der Waals surface area contributed by atoms with Crippen LogP contribution < -0.4 is 4.90 Å². The minimum atomic E-state index is -1.20. The van der Waals surface area contributed by atoms with Crippen LogP contribution in [-0.4, -0.2) is 22.9 Å². The Morgan fingerprint density at radius 3 is 1.80 bits per heavy atom. The Hall–Kier alpha value is -1.85. The number of halogens is 2. The van der Waals surface area contributed by atoms with Crippen LogP contribution in [0.3, 0.4) is 0 Å². The largest absolute Gasteiger partial charge is 0.478 e. The van der Waals surface area contributed by atoms with Gasteiger partial charge in [0.2, 0.25) is 0 Å². The van der Waals surface area contributed by atoms with Gasteiger partial charge in [0, 0.05) is 11.1 Å². The van der Waals surface area contributed by atoms with E-state index >= 15 is 0 Å². The van der Waals surface area contributed by atoms with Crippen LogP contribution in [0.25, 0.3) is 0 Å². The van der Waals surface area contributed by atoms with Gasteiger partial charge in [-0.05, 0) is 26.0 Å². The van der Waals surface area contributed by atoms with Crippen molar-refractivity contribution in [3.8, 4) is 0 Å². The maximum Gasteiger partial charge on any atom is 0.335 e. The summed E-state index contributed by atoms with van der Waals surface area (Å²) in [5, 5.41) is 8.76. The third-order valence-electron chi connectivity index (χ3n) is 3.10. The Morgan fingerprint density at radius 2 is 1.45 bits per heavy atom. The first kappa shape index (κ1) is 14.6. The molecule has 0 radical (unpaired) electrons. The molecule has 0 aliphatic carbocycles. The van der Waals surface area contributed by atoms with Crippen molar-refractivity contribution in [2.75, 3.05) is 4.90 Å². The molecule has 1 aromatic carbocycles. The summed E-state index contributed by atoms with van der Waals surface area (Å²) in [6, 6.07) is 2.29. The maximum absolute atomic E-state index is 12.1. The lowest BCUT2D eigenvalue weighted by Crippen LogP contribution is -2.32. The average molecular weight is 314 g/mol. The molecule has 1 N–H and O–H groups in total. The predicted octanol–water partition coefficient (Wildman–Crippen LogP) is 2.90. The first-order valence-electron chi connectivity index (χ1n) is 5.54. The lowest BCUT2D eigenvalue weighted by atomic mass is 10.2. The zero-order chi connectivity index (χ0) is 15.2. The highest BCUT2D eigenvalue weighted by molar-refractivity contribution is 6.44. The van der Waals surface area contributed by atoms with Crippen molar-refractivity contribution < 1.29 is 19.5 Å². The smallest absolute Gasteiger partial charge is 0.335 e. The summed E-state index contributed by atoms with van der Waals surface area (Å²) in [5.41, 5.74) is 0.502. The van der Waals surface area contributed by atoms with Crippen LogP contribution in [0.15, 0.2) is 23.3 Å². The summed E-state index contributed by atoms with van der Waals surface area (Å²) >= 11 is 11.9. The number of benzene rings is 1. The molecule has 0 saturated carbocycles. The molecule has 1 aliphatic heterocycles. The van der Waals surface area contributed by atoms with E-state index in [9.17, 15) is 14.4 Å². The number of rotatable bonds is 2. The van der Waals surface area contributed by atoms with Crippen molar-refractivity contribution in [1.29, 1.82) is 0 Å². The fourth-order valence-electron chi connectivity index (χ4n) is 1.85. The minimum absolute atomic E-state index is 0.00420. The quantitative estimate of drug-likeness (QED) is 0.852. The van der Waals surface area contributed by atoms with Crippen molar-refractivity contribution in [2.45, 2.75) is 13.8 Å². The van der Waals surface area contributed by atoms with E-state index in [-0.39, 0.29) is 21.3 Å². The maximum atomic E-state index is 12.1. The van der Waals surface area contributed by atoms with Crippen LogP contribution in [0.2, 0.25) is 10.0 Å². The Labute approximate surface area is 124 Å². The standard InChI is InChI=1S/C13H9Cl2NO4/c1-5-6(2)12(18)16(11(5)17)10-8(14)3-7(13(19)20)4-9(10)15/h3-4H,1-2H3,(H,19,20). The van der Waals surface area contributed by atoms with E-state index in [1.807, 2.05) is 0 Å². The van der Waals surface area contributed by atoms with Gasteiger partial charge < -0.3 is 5.11 Å². The number of amides is 2. The molecule has 0 saturated heterocycles. The number of nitrogens with zero attached hydrogens (tertiary/aromatic N) is 1. The van der Waals surface area contributed by atoms with E-state index in [4.69, 9.17) is 28.3 Å². The van der Waals surface area contributed by atoms with Gasteiger partial charge in [-0.1, -0.05) is 23.2 Å². The summed E-state index contributed by atoms with van der Waals surface area (Å²) in [7, 11) is 0. The second-order valence-corrected chi connectivity index (χ2v) is 5.10. The summed E-state index contributed by atoms with van der Waals surface area (Å²) in [5.74, 6) is -2.23. The summed E-state index contributed by atoms with van der Waals surface area (Å²) < 4.78 is 0. The second kappa shape index (κ2) is 4.92. The SMILES string of the molecule is CC1=C(C)C(=O)N(c2c(Cl)cc(C(=O)O)cc2Cl)C1=O. The van der Waals surface area contributed by atoms with Crippen molar-refractivity contribution in [3.05, 3.63) is 38.9 Å². The number of hydrogen-bond acceptors (Lipinski definition) is 3. The summed E-state index contributed by atoms with van der Waals surface area (Å²) in [6.45, 7) is 3.06. The lowest BCUT2D eigenvalue weighted by Gasteiger charge is -2.18. The van der Waals surface area contributed by atoms with E-state index < -0.39 is 17.8 Å². The van der Waals surface area contributed by atoms with Gasteiger partial charge in [-0.25, -0.2) is 9.69 Å². The topological polar surface area (TPSA) is 74.7 Å². The first-order valence-corrected chi connectivity index (χ1v) is 6.30. The predicted molar refractivity (Wildman–Crippen MR) is 74.3 cm³/mol. The van der Waals surface area contributed by atoms with Crippen LogP contribution in [0.5, 0.6) is 0 Å². The van der Waals surface area contributed by atoms with Gasteiger partial charge in [-0.2, -0.15) is 0 Å². The van der Waals surface area contributed by atoms with E-state index in [0.717, 1.165) is 17.0 Å². The number of carbonyl (C=O) groups excluding carboxylic acids is 2. The van der Waals surface area contributed by atoms with E-state index in [1.54, 1.807) is 0 Å². The molecule has 0 atom stereocenters. The van der Waals surface area contributed by atoms with E-state index in [0.29, 0.717) is 11.1 Å². The highest BCUT2D eigenvalue weighted by atomic mass is 35.5. The number of carboxylic acid groups (broad SMARTS) is 1. The first-order chi connectivity index (χ1) is 9.25. The molecule has 2 rings (SSSR count). The highest BCUT2D eigenvalue weighted by Crippen LogP contribution is 2.38. The molecule has 20 heavy (non-hydrogen) atoms. The van der Waals surface area contributed by atoms with E-state index in [2.05, 4.69) is 0 Å². The number of anilines is 1. The zero-order valence-electron chi connectivity index (χ0n) is 10.5. The molecular formula is C13H9Cl2NO4. The van der Waals surface area contributed by atoms with Crippen LogP contribution in [-0.2, 0) is 9.59 Å². The molecule has 104 valence electrons. The third kappa shape index (κ3) is 2.09. The Kier molecular flexibility index (Phi) is 3.58. The monoisotopic (exact) mass is 313 g/mol. The normalized spacial score (nSPS) is 15.3. The number of aromatic carboxylic acids is 1. The summed E-state index contributed by atoms with van der Waals surface area (Å²) in [6.07, 6.45) is 0. The van der Waals surface area contributed by atoms with Gasteiger partial charge >= 0.3 is 5.97 Å². The van der Waals surface area contributed by atoms with Crippen LogP contribution in [0.1, 0.15) is 24.2 Å². The molecule has 0 fully saturated rings. The summed E-state index contributed by atoms with van der Waals surface area (Å²) in [4.78, 5) is 35.9. The van der Waals surface area contributed by atoms with E-state index in [1.165, 1.54) is 13.8 Å². The molecule has 1 aliphatic rings. The van der Waals surface area contributed by atoms with Gasteiger partial charge in [0.15, 0.2) is 0 Å². The molecule has 1 aromatic rings. The Bertz CT molecular complexity index is 647. The molecule has 0 bridgehead atoms. The number of carboxylic acids is 1. The molecule has 0 aromatic heterocycles. The van der Waals surface area contributed by atoms with Crippen LogP contribution >= 0.6 is 23.2 Å². The number of imide groups is 1. The third-order valence-corrected chi connectivity index (χ3v) is 3.67. The molecule has 1 heterocycles. The fourth-order valence-corrected chi connectivity index (χ4v) is 2.51. The van der Waals surface area contributed by atoms with Crippen molar-refractivity contribution in [2.24, 2.45) is 0 Å². The van der Waals surface area contributed by atoms with Crippen molar-refractivity contribution in [3.63, 3.8) is 0 Å². The molecule has 0 unspecified atom stereocenters. The van der Waals surface area contributed by atoms with Gasteiger partial charge in [-0.15, -0.1) is 0 Å². The number of carbonyl (C=O) groups is 3. The van der Waals surface area contributed by atoms with Crippen molar-refractivity contribution in [1.82, 2.24) is 0 Å². The molecule has 0 spiro atoms. The van der Waals surface area contributed by atoms with Gasteiger partial charge in [0.05, 0.1) is 21.3 Å². The minimum Gasteiger partial charge on any atom is -0.478 e. The second-order valence-electron chi connectivity index (χ2n) is 4.29. The molecular weight excluding hydrogens is 305 g/mol. The van der Waals surface area contributed by atoms with Crippen LogP contribution in [0, 0.1) is 0 Å². The Morgan fingerprint density at radius 1 is 1.05 bits per heavy atom. The molecule has 7 heteroatoms. The molecule has 5 nitrogen and oxygen atoms in total. The molecule has 2 amide bonds. The average Bonchev–Trinajstić information content (AvgIpc) is 2.55. The highest BCUT2D eigenvalue weighted by Gasteiger charge is 2.37. The number of hydrogen-bond donors (Lipinski definition) is 1. The Balaban J connectivity index is 2.59. The van der Waals surface area contributed by atoms with Crippen molar-refractivity contribution >= 4 is 46.7 Å². The zero-order valence-corrected chi connectivity index (χ0v) is 12.0.